The van der Waals surface area contributed by atoms with E-state index in [-0.39, 0.29) is 25.3 Å². The monoisotopic (exact) mass is 219 g/mol. The van der Waals surface area contributed by atoms with Gasteiger partial charge in [-0.25, -0.2) is 0 Å². The SMILES string of the molecule is C.O=C1NC(=O)c2c(CC3CO3)cccc21. The first kappa shape index (κ1) is 10.8. The van der Waals surface area contributed by atoms with Gasteiger partial charge in [0.1, 0.15) is 0 Å². The van der Waals surface area contributed by atoms with Crippen LogP contribution >= 0.6 is 0 Å². The molecular weight excluding hydrogens is 206 g/mol. The van der Waals surface area contributed by atoms with E-state index < -0.39 is 0 Å². The van der Waals surface area contributed by atoms with Crippen LogP contribution in [-0.2, 0) is 11.2 Å². The van der Waals surface area contributed by atoms with E-state index in [1.807, 2.05) is 6.07 Å². The number of hydrogen-bond acceptors (Lipinski definition) is 3. The van der Waals surface area contributed by atoms with Crippen molar-refractivity contribution in [3.63, 3.8) is 0 Å². The van der Waals surface area contributed by atoms with Crippen molar-refractivity contribution >= 4 is 11.8 Å². The lowest BCUT2D eigenvalue weighted by molar-refractivity contribution is 0.0879. The van der Waals surface area contributed by atoms with Crippen molar-refractivity contribution < 1.29 is 14.3 Å². The maximum Gasteiger partial charge on any atom is 0.259 e. The second-order valence-electron chi connectivity index (χ2n) is 3.78. The Morgan fingerprint density at radius 3 is 2.75 bits per heavy atom. The molecule has 1 unspecified atom stereocenters. The first-order chi connectivity index (χ1) is 7.25. The smallest absolute Gasteiger partial charge is 0.259 e. The lowest BCUT2D eigenvalue weighted by atomic mass is 9.99. The number of rotatable bonds is 2. The van der Waals surface area contributed by atoms with E-state index in [9.17, 15) is 9.59 Å². The molecule has 1 aromatic rings. The average molecular weight is 219 g/mol. The standard InChI is InChI=1S/C11H9NO3.CH4/c13-10-8-3-1-2-6(4-7-5-15-7)9(8)11(14)12-10;/h1-3,7H,4-5H2,(H,12,13,14);1H4. The summed E-state index contributed by atoms with van der Waals surface area (Å²) in [4.78, 5) is 22.9. The number of fused-ring (bicyclic) bond motifs is 1. The minimum atomic E-state index is -0.298. The summed E-state index contributed by atoms with van der Waals surface area (Å²) < 4.78 is 5.12. The average Bonchev–Trinajstić information content (AvgIpc) is 2.96. The number of benzene rings is 1. The summed E-state index contributed by atoms with van der Waals surface area (Å²) in [6.07, 6.45) is 0.934. The molecule has 0 aliphatic carbocycles. The van der Waals surface area contributed by atoms with Crippen molar-refractivity contribution in [3.8, 4) is 0 Å². The Morgan fingerprint density at radius 1 is 1.31 bits per heavy atom. The normalized spacial score (nSPS) is 21.1. The third kappa shape index (κ3) is 1.61. The number of imide groups is 1. The largest absolute Gasteiger partial charge is 0.373 e. The number of hydrogen-bond donors (Lipinski definition) is 1. The van der Waals surface area contributed by atoms with Gasteiger partial charge in [-0.1, -0.05) is 19.6 Å². The first-order valence-corrected chi connectivity index (χ1v) is 4.85. The topological polar surface area (TPSA) is 58.7 Å². The molecule has 1 aromatic carbocycles. The Balaban J connectivity index is 0.000000963. The number of carbonyl (C=O) groups is 2. The van der Waals surface area contributed by atoms with Gasteiger partial charge in [-0.15, -0.1) is 0 Å². The minimum absolute atomic E-state index is 0. The van der Waals surface area contributed by atoms with E-state index in [0.717, 1.165) is 12.2 Å². The Hall–Kier alpha value is -1.68. The summed E-state index contributed by atoms with van der Waals surface area (Å²) in [7, 11) is 0. The quantitative estimate of drug-likeness (QED) is 0.599. The molecule has 0 bridgehead atoms. The highest BCUT2D eigenvalue weighted by Crippen LogP contribution is 2.24. The highest BCUT2D eigenvalue weighted by molar-refractivity contribution is 6.22. The third-order valence-electron chi connectivity index (χ3n) is 2.70. The van der Waals surface area contributed by atoms with Gasteiger partial charge in [0.15, 0.2) is 0 Å². The zero-order valence-corrected chi connectivity index (χ0v) is 7.95. The van der Waals surface area contributed by atoms with Gasteiger partial charge >= 0.3 is 0 Å². The van der Waals surface area contributed by atoms with E-state index in [4.69, 9.17) is 4.74 Å². The van der Waals surface area contributed by atoms with Gasteiger partial charge in [0.25, 0.3) is 11.8 Å². The van der Waals surface area contributed by atoms with Crippen LogP contribution in [0.5, 0.6) is 0 Å². The molecule has 0 aromatic heterocycles. The van der Waals surface area contributed by atoms with Crippen LogP contribution in [0.15, 0.2) is 18.2 Å². The van der Waals surface area contributed by atoms with Crippen molar-refractivity contribution in [3.05, 3.63) is 34.9 Å². The fraction of sp³-hybridized carbons (Fsp3) is 0.333. The van der Waals surface area contributed by atoms with E-state index in [1.54, 1.807) is 12.1 Å². The zero-order chi connectivity index (χ0) is 10.4. The Morgan fingerprint density at radius 2 is 2.06 bits per heavy atom. The van der Waals surface area contributed by atoms with Crippen LogP contribution in [0.3, 0.4) is 0 Å². The predicted molar refractivity (Wildman–Crippen MR) is 58.4 cm³/mol. The van der Waals surface area contributed by atoms with E-state index in [2.05, 4.69) is 5.32 Å². The third-order valence-corrected chi connectivity index (χ3v) is 2.70. The number of nitrogens with one attached hydrogen (secondary N) is 1. The molecule has 1 N–H and O–H groups in total. The molecule has 84 valence electrons. The van der Waals surface area contributed by atoms with Crippen molar-refractivity contribution in [2.45, 2.75) is 20.0 Å². The molecule has 0 saturated carbocycles. The molecular formula is C12H13NO3. The maximum absolute atomic E-state index is 11.5. The molecule has 1 fully saturated rings. The number of ether oxygens (including phenoxy) is 1. The van der Waals surface area contributed by atoms with E-state index in [1.165, 1.54) is 0 Å². The van der Waals surface area contributed by atoms with E-state index >= 15 is 0 Å². The summed E-state index contributed by atoms with van der Waals surface area (Å²) in [5.74, 6) is -0.584. The fourth-order valence-electron chi connectivity index (χ4n) is 1.89. The lowest BCUT2D eigenvalue weighted by Gasteiger charge is -2.02. The van der Waals surface area contributed by atoms with Crippen molar-refractivity contribution in [1.82, 2.24) is 5.32 Å². The van der Waals surface area contributed by atoms with Gasteiger partial charge in [-0.2, -0.15) is 0 Å². The molecule has 2 aliphatic heterocycles. The maximum atomic E-state index is 11.5. The van der Waals surface area contributed by atoms with Gasteiger partial charge in [-0.3, -0.25) is 14.9 Å². The number of epoxide rings is 1. The van der Waals surface area contributed by atoms with Crippen LogP contribution in [0, 0.1) is 0 Å². The number of amides is 2. The second kappa shape index (κ2) is 3.72. The summed E-state index contributed by atoms with van der Waals surface area (Å²) in [6.45, 7) is 0.749. The molecule has 0 spiro atoms. The van der Waals surface area contributed by atoms with Crippen LogP contribution in [-0.4, -0.2) is 24.5 Å². The molecule has 1 atom stereocenters. The van der Waals surface area contributed by atoms with Crippen LogP contribution in [0.1, 0.15) is 33.7 Å². The zero-order valence-electron chi connectivity index (χ0n) is 7.95. The summed E-state index contributed by atoms with van der Waals surface area (Å²) in [6, 6.07) is 5.35. The van der Waals surface area contributed by atoms with Crippen molar-refractivity contribution in [1.29, 1.82) is 0 Å². The Labute approximate surface area is 93.6 Å². The van der Waals surface area contributed by atoms with Crippen molar-refractivity contribution in [2.75, 3.05) is 6.61 Å². The van der Waals surface area contributed by atoms with E-state index in [0.29, 0.717) is 17.5 Å². The van der Waals surface area contributed by atoms with Crippen LogP contribution in [0.25, 0.3) is 0 Å². The van der Waals surface area contributed by atoms with Gasteiger partial charge in [0, 0.05) is 6.42 Å². The van der Waals surface area contributed by atoms with Gasteiger partial charge in [-0.05, 0) is 11.6 Å². The van der Waals surface area contributed by atoms with Crippen LogP contribution in [0.4, 0.5) is 0 Å². The molecule has 4 nitrogen and oxygen atoms in total. The molecule has 2 aliphatic rings. The lowest BCUT2D eigenvalue weighted by Crippen LogP contribution is -2.20. The van der Waals surface area contributed by atoms with Crippen LogP contribution < -0.4 is 5.32 Å². The molecule has 16 heavy (non-hydrogen) atoms. The van der Waals surface area contributed by atoms with Gasteiger partial charge in [0.05, 0.1) is 23.8 Å². The first-order valence-electron chi connectivity index (χ1n) is 4.85. The minimum Gasteiger partial charge on any atom is -0.373 e. The second-order valence-corrected chi connectivity index (χ2v) is 3.78. The van der Waals surface area contributed by atoms with Crippen molar-refractivity contribution in [2.24, 2.45) is 0 Å². The predicted octanol–water partition coefficient (Wildman–Crippen LogP) is 1.15. The van der Waals surface area contributed by atoms with Crippen LogP contribution in [0.2, 0.25) is 0 Å². The van der Waals surface area contributed by atoms with Gasteiger partial charge < -0.3 is 4.74 Å². The Kier molecular flexibility index (Phi) is 2.52. The molecule has 2 heterocycles. The Bertz CT molecular complexity index is 463. The molecule has 1 saturated heterocycles. The summed E-state index contributed by atoms with van der Waals surface area (Å²) in [5.41, 5.74) is 1.91. The molecule has 3 rings (SSSR count). The summed E-state index contributed by atoms with van der Waals surface area (Å²) in [5, 5.41) is 2.30. The fourth-order valence-corrected chi connectivity index (χ4v) is 1.89. The molecule has 2 amide bonds. The van der Waals surface area contributed by atoms with Gasteiger partial charge in [0.2, 0.25) is 0 Å². The molecule has 0 radical (unpaired) electrons. The highest BCUT2D eigenvalue weighted by atomic mass is 16.6. The summed E-state index contributed by atoms with van der Waals surface area (Å²) >= 11 is 0. The highest BCUT2D eigenvalue weighted by Gasteiger charge is 2.31. The molecule has 4 heteroatoms. The number of carbonyl (C=O) groups excluding carboxylic acids is 2.